The highest BCUT2D eigenvalue weighted by atomic mass is 35.5. The van der Waals surface area contributed by atoms with Gasteiger partial charge in [-0.05, 0) is 78.1 Å². The van der Waals surface area contributed by atoms with E-state index in [0.717, 1.165) is 17.8 Å². The first-order valence-corrected chi connectivity index (χ1v) is 14.0. The van der Waals surface area contributed by atoms with E-state index in [4.69, 9.17) is 11.6 Å². The van der Waals surface area contributed by atoms with Crippen molar-refractivity contribution in [2.45, 2.75) is 23.8 Å². The molecule has 3 N–H and O–H groups in total. The number of benzene rings is 3. The van der Waals surface area contributed by atoms with Crippen LogP contribution in [0.3, 0.4) is 0 Å². The Morgan fingerprint density at radius 3 is 2.62 bits per heavy atom. The number of anilines is 3. The summed E-state index contributed by atoms with van der Waals surface area (Å²) in [6, 6.07) is 12.9. The summed E-state index contributed by atoms with van der Waals surface area (Å²) < 4.78 is 59.5. The van der Waals surface area contributed by atoms with Gasteiger partial charge in [0.2, 0.25) is 5.95 Å². The quantitative estimate of drug-likeness (QED) is 0.221. The molecule has 2 aromatic heterocycles. The minimum atomic E-state index is -4.32. The van der Waals surface area contributed by atoms with Gasteiger partial charge in [0.25, 0.3) is 10.0 Å². The number of pyridine rings is 1. The first kappa shape index (κ1) is 26.1. The van der Waals surface area contributed by atoms with Gasteiger partial charge >= 0.3 is 0 Å². The smallest absolute Gasteiger partial charge is 0.262 e. The molecule has 0 saturated heterocycles. The van der Waals surface area contributed by atoms with Crippen LogP contribution < -0.4 is 10.0 Å². The number of aromatic nitrogens is 3. The lowest BCUT2D eigenvalue weighted by Gasteiger charge is -2.15. The fourth-order valence-corrected chi connectivity index (χ4v) is 6.46. The van der Waals surface area contributed by atoms with Crippen molar-refractivity contribution in [2.75, 3.05) is 10.0 Å². The van der Waals surface area contributed by atoms with Crippen molar-refractivity contribution >= 4 is 49.9 Å². The third-order valence-corrected chi connectivity index (χ3v) is 8.32. The number of hydrogen-bond donors (Lipinski definition) is 3. The van der Waals surface area contributed by atoms with Gasteiger partial charge < -0.3 is 10.4 Å². The second-order valence-corrected chi connectivity index (χ2v) is 11.3. The fourth-order valence-electron chi connectivity index (χ4n) is 4.78. The summed E-state index contributed by atoms with van der Waals surface area (Å²) in [5.74, 6) is -1.62. The van der Waals surface area contributed by atoms with Crippen molar-refractivity contribution in [3.8, 4) is 11.1 Å². The topological polar surface area (TPSA) is 117 Å². The Balaban J connectivity index is 1.34. The molecule has 0 unspecified atom stereocenters. The Labute approximate surface area is 232 Å². The molecule has 0 bridgehead atoms. The van der Waals surface area contributed by atoms with Gasteiger partial charge in [-0.15, -0.1) is 0 Å². The average molecular weight is 580 g/mol. The molecule has 2 heterocycles. The standard InChI is InChI=1S/C28H20ClF2N5O3S/c29-17-12-20-19(2-6-24(20)37)25(13-17)40(38,39)36-23-5-3-21(30)26(27(23)31)15-1-4-22-16(11-15)14-33-28(35-22)34-18-7-9-32-10-8-18/h1,3-5,7-14,24,36-37H,2,6H2,(H,32,33,34,35)/t24-/m1/s1. The number of rotatable bonds is 6. The van der Waals surface area contributed by atoms with Gasteiger partial charge in [0, 0.05) is 34.7 Å². The van der Waals surface area contributed by atoms with Crippen LogP contribution in [0.4, 0.5) is 26.1 Å². The summed E-state index contributed by atoms with van der Waals surface area (Å²) >= 11 is 6.11. The first-order valence-electron chi connectivity index (χ1n) is 12.1. The molecule has 8 nitrogen and oxygen atoms in total. The zero-order chi connectivity index (χ0) is 28.0. The molecule has 6 rings (SSSR count). The average Bonchev–Trinajstić information content (AvgIpc) is 3.30. The van der Waals surface area contributed by atoms with E-state index in [9.17, 15) is 17.9 Å². The van der Waals surface area contributed by atoms with E-state index in [0.29, 0.717) is 40.8 Å². The van der Waals surface area contributed by atoms with E-state index in [1.807, 2.05) is 0 Å². The highest BCUT2D eigenvalue weighted by Crippen LogP contribution is 2.39. The first-order chi connectivity index (χ1) is 19.2. The molecule has 0 amide bonds. The third-order valence-electron chi connectivity index (χ3n) is 6.66. The second-order valence-electron chi connectivity index (χ2n) is 9.24. The van der Waals surface area contributed by atoms with E-state index in [2.05, 4.69) is 25.0 Å². The molecule has 1 atom stereocenters. The predicted octanol–water partition coefficient (Wildman–Crippen LogP) is 6.15. The lowest BCUT2D eigenvalue weighted by Crippen LogP contribution is -2.16. The number of sulfonamides is 1. The molecule has 40 heavy (non-hydrogen) atoms. The molecular formula is C28H20ClF2N5O3S. The number of nitrogens with zero attached hydrogens (tertiary/aromatic N) is 3. The van der Waals surface area contributed by atoms with Gasteiger partial charge in [-0.25, -0.2) is 27.2 Å². The van der Waals surface area contributed by atoms with Gasteiger partial charge in [-0.1, -0.05) is 17.7 Å². The Bertz CT molecular complexity index is 1890. The third kappa shape index (κ3) is 4.83. The summed E-state index contributed by atoms with van der Waals surface area (Å²) in [7, 11) is -4.32. The van der Waals surface area contributed by atoms with Crippen LogP contribution in [0.25, 0.3) is 22.0 Å². The summed E-state index contributed by atoms with van der Waals surface area (Å²) in [5.41, 5.74) is 1.45. The second kappa shape index (κ2) is 10.1. The number of nitrogens with one attached hydrogen (secondary N) is 2. The van der Waals surface area contributed by atoms with E-state index in [1.165, 1.54) is 30.5 Å². The molecule has 0 saturated carbocycles. The summed E-state index contributed by atoms with van der Waals surface area (Å²) in [4.78, 5) is 12.5. The van der Waals surface area contributed by atoms with E-state index < -0.39 is 39.0 Å². The largest absolute Gasteiger partial charge is 0.388 e. The minimum Gasteiger partial charge on any atom is -0.388 e. The van der Waals surface area contributed by atoms with Gasteiger partial charge in [0.15, 0.2) is 5.82 Å². The lowest BCUT2D eigenvalue weighted by atomic mass is 10.0. The van der Waals surface area contributed by atoms with Crippen molar-refractivity contribution in [3.05, 3.63) is 101 Å². The van der Waals surface area contributed by atoms with Crippen LogP contribution in [0.15, 0.2) is 78.1 Å². The summed E-state index contributed by atoms with van der Waals surface area (Å²) in [6.45, 7) is 0. The number of fused-ring (bicyclic) bond motifs is 2. The molecule has 202 valence electrons. The molecule has 0 radical (unpaired) electrons. The zero-order valence-electron chi connectivity index (χ0n) is 20.6. The minimum absolute atomic E-state index is 0.123. The molecule has 0 fully saturated rings. The molecule has 5 aromatic rings. The fraction of sp³-hybridized carbons (Fsp3) is 0.107. The number of aliphatic hydroxyl groups is 1. The molecular weight excluding hydrogens is 560 g/mol. The van der Waals surface area contributed by atoms with E-state index >= 15 is 4.39 Å². The number of halogens is 3. The van der Waals surface area contributed by atoms with Crippen molar-refractivity contribution in [1.29, 1.82) is 0 Å². The highest BCUT2D eigenvalue weighted by molar-refractivity contribution is 7.92. The predicted molar refractivity (Wildman–Crippen MR) is 148 cm³/mol. The van der Waals surface area contributed by atoms with Crippen LogP contribution in [0.1, 0.15) is 23.7 Å². The molecule has 0 spiro atoms. The Morgan fingerprint density at radius 2 is 1.82 bits per heavy atom. The SMILES string of the molecule is O=S(=O)(Nc1ccc(F)c(-c2ccc3nc(Nc4ccncc4)ncc3c2)c1F)c1cc(Cl)cc2c1CC[C@H]2O. The Hall–Kier alpha value is -4.19. The van der Waals surface area contributed by atoms with Crippen molar-refractivity contribution in [2.24, 2.45) is 0 Å². The monoisotopic (exact) mass is 579 g/mol. The molecule has 0 aliphatic heterocycles. The number of aliphatic hydroxyl groups excluding tert-OH is 1. The molecule has 1 aliphatic rings. The summed E-state index contributed by atoms with van der Waals surface area (Å²) in [6.07, 6.45) is 4.60. The van der Waals surface area contributed by atoms with Crippen molar-refractivity contribution in [1.82, 2.24) is 15.0 Å². The van der Waals surface area contributed by atoms with Crippen molar-refractivity contribution in [3.63, 3.8) is 0 Å². The Morgan fingerprint density at radius 1 is 1.02 bits per heavy atom. The molecule has 1 aliphatic carbocycles. The number of hydrogen-bond acceptors (Lipinski definition) is 7. The van der Waals surface area contributed by atoms with Gasteiger partial charge in [-0.3, -0.25) is 9.71 Å². The summed E-state index contributed by atoms with van der Waals surface area (Å²) in [5, 5.41) is 13.9. The van der Waals surface area contributed by atoms with Crippen LogP contribution in [0.5, 0.6) is 0 Å². The lowest BCUT2D eigenvalue weighted by molar-refractivity contribution is 0.180. The van der Waals surface area contributed by atoms with Gasteiger partial charge in [0.05, 0.1) is 27.8 Å². The van der Waals surface area contributed by atoms with Crippen LogP contribution in [-0.4, -0.2) is 28.5 Å². The van der Waals surface area contributed by atoms with Crippen LogP contribution in [0.2, 0.25) is 5.02 Å². The van der Waals surface area contributed by atoms with Gasteiger partial charge in [0.1, 0.15) is 5.82 Å². The zero-order valence-corrected chi connectivity index (χ0v) is 22.1. The van der Waals surface area contributed by atoms with Gasteiger partial charge in [-0.2, -0.15) is 0 Å². The van der Waals surface area contributed by atoms with Crippen molar-refractivity contribution < 1.29 is 22.3 Å². The highest BCUT2D eigenvalue weighted by Gasteiger charge is 2.30. The van der Waals surface area contributed by atoms with E-state index in [1.54, 1.807) is 30.6 Å². The normalized spacial score (nSPS) is 14.8. The molecule has 3 aromatic carbocycles. The maximum Gasteiger partial charge on any atom is 0.262 e. The maximum atomic E-state index is 15.7. The van der Waals surface area contributed by atoms with Crippen LogP contribution in [-0.2, 0) is 16.4 Å². The maximum absolute atomic E-state index is 15.7. The Kier molecular flexibility index (Phi) is 6.57. The van der Waals surface area contributed by atoms with Crippen LogP contribution in [0, 0.1) is 11.6 Å². The molecule has 12 heteroatoms. The van der Waals surface area contributed by atoms with Crippen LogP contribution >= 0.6 is 11.6 Å². The van der Waals surface area contributed by atoms with E-state index in [-0.39, 0.29) is 15.5 Å².